The lowest BCUT2D eigenvalue weighted by Crippen LogP contribution is -2.29. The molecule has 0 atom stereocenters. The average Bonchev–Trinajstić information content (AvgIpc) is 3.84. The molecule has 0 N–H and O–H groups in total. The first-order valence-electron chi connectivity index (χ1n) is 23.7. The van der Waals surface area contributed by atoms with Crippen molar-refractivity contribution >= 4 is 17.1 Å². The molecule has 65 heavy (non-hydrogen) atoms. The van der Waals surface area contributed by atoms with E-state index in [1.165, 1.54) is 89.0 Å². The van der Waals surface area contributed by atoms with Gasteiger partial charge < -0.3 is 4.90 Å². The van der Waals surface area contributed by atoms with Gasteiger partial charge in [-0.2, -0.15) is 0 Å². The van der Waals surface area contributed by atoms with Crippen molar-refractivity contribution in [3.63, 3.8) is 0 Å². The highest BCUT2D eigenvalue weighted by atomic mass is 15.1. The summed E-state index contributed by atoms with van der Waals surface area (Å²) in [5.74, 6) is 0. The van der Waals surface area contributed by atoms with Gasteiger partial charge in [-0.1, -0.05) is 204 Å². The van der Waals surface area contributed by atoms with Crippen molar-refractivity contribution in [2.75, 3.05) is 4.90 Å². The molecule has 2 aliphatic rings. The van der Waals surface area contributed by atoms with E-state index in [-0.39, 0.29) is 0 Å². The van der Waals surface area contributed by atoms with Crippen LogP contribution in [-0.4, -0.2) is 0 Å². The van der Waals surface area contributed by atoms with E-state index in [9.17, 15) is 0 Å². The van der Waals surface area contributed by atoms with E-state index in [0.717, 1.165) is 42.7 Å². The lowest BCUT2D eigenvalue weighted by molar-refractivity contribution is 0.765. The summed E-state index contributed by atoms with van der Waals surface area (Å²) < 4.78 is 0. The lowest BCUT2D eigenvalue weighted by Gasteiger charge is -2.36. The molecule has 0 spiro atoms. The van der Waals surface area contributed by atoms with E-state index >= 15 is 0 Å². The first-order valence-corrected chi connectivity index (χ1v) is 23.7. The molecule has 0 heterocycles. The maximum absolute atomic E-state index is 2.51. The van der Waals surface area contributed by atoms with Crippen molar-refractivity contribution in [3.8, 4) is 22.3 Å². The summed E-state index contributed by atoms with van der Waals surface area (Å²) in [6.45, 7) is 8.96. The number of nitrogens with zero attached hydrogens (tertiary/aromatic N) is 1. The molecule has 0 fully saturated rings. The third kappa shape index (κ3) is 6.28. The number of hydrogen-bond acceptors (Lipinski definition) is 1. The average molecular weight is 838 g/mol. The summed E-state index contributed by atoms with van der Waals surface area (Å²) in [6, 6.07) is 81.4. The van der Waals surface area contributed by atoms with Crippen LogP contribution in [-0.2, 0) is 36.5 Å². The van der Waals surface area contributed by atoms with Crippen LogP contribution < -0.4 is 4.90 Å². The van der Waals surface area contributed by atoms with Crippen LogP contribution in [0.3, 0.4) is 0 Å². The van der Waals surface area contributed by atoms with Crippen LogP contribution in [0.5, 0.6) is 0 Å². The van der Waals surface area contributed by atoms with Gasteiger partial charge in [0.25, 0.3) is 0 Å². The van der Waals surface area contributed by atoms with Gasteiger partial charge in [-0.15, -0.1) is 0 Å². The van der Waals surface area contributed by atoms with Crippen LogP contribution in [0.2, 0.25) is 0 Å². The SMILES string of the molecule is CCc1ccc(C2(c3ccc(CC)cc3)c3ccccc3-c3ccc(N(c4ccccc4)c4ccc5c(c4)C(c4ccc(CC)cc4)(c4ccc(CC)cc4)c4ccccc4-5)cc32)cc1. The van der Waals surface area contributed by atoms with Gasteiger partial charge in [0.1, 0.15) is 0 Å². The predicted molar refractivity (Wildman–Crippen MR) is 273 cm³/mol. The Bertz CT molecular complexity index is 2860. The van der Waals surface area contributed by atoms with E-state index < -0.39 is 10.8 Å². The van der Waals surface area contributed by atoms with Crippen molar-refractivity contribution in [2.24, 2.45) is 0 Å². The molecule has 316 valence electrons. The highest BCUT2D eigenvalue weighted by Crippen LogP contribution is 2.59. The molecule has 9 aromatic rings. The largest absolute Gasteiger partial charge is 0.310 e. The highest BCUT2D eigenvalue weighted by Gasteiger charge is 2.48. The minimum Gasteiger partial charge on any atom is -0.310 e. The van der Waals surface area contributed by atoms with Gasteiger partial charge in [0.2, 0.25) is 0 Å². The molecule has 0 unspecified atom stereocenters. The second kappa shape index (κ2) is 16.4. The molecule has 0 saturated carbocycles. The van der Waals surface area contributed by atoms with E-state index in [2.05, 4.69) is 245 Å². The van der Waals surface area contributed by atoms with Gasteiger partial charge in [0, 0.05) is 17.1 Å². The van der Waals surface area contributed by atoms with Crippen molar-refractivity contribution in [2.45, 2.75) is 64.2 Å². The maximum atomic E-state index is 2.51. The fourth-order valence-corrected chi connectivity index (χ4v) is 11.4. The van der Waals surface area contributed by atoms with Crippen LogP contribution in [0.1, 0.15) is 94.5 Å². The molecule has 1 heteroatoms. The zero-order valence-electron chi connectivity index (χ0n) is 38.0. The molecular formula is C64H55N. The number of hydrogen-bond donors (Lipinski definition) is 0. The Morgan fingerprint density at radius 1 is 0.277 bits per heavy atom. The van der Waals surface area contributed by atoms with Crippen molar-refractivity contribution in [1.82, 2.24) is 0 Å². The highest BCUT2D eigenvalue weighted by molar-refractivity contribution is 5.92. The standard InChI is InChI=1S/C64H55N/c1-5-44-22-30-48(31-23-44)63(49-32-24-45(6-2)25-33-49)59-20-14-12-18-55(59)57-40-38-53(42-61(57)63)65(52-16-10-9-11-17-52)54-39-41-58-56-19-13-15-21-60(56)64(62(58)43-54,50-34-26-46(7-3)27-35-50)51-36-28-47(8-4)29-37-51/h9-43H,5-8H2,1-4H3. The molecule has 2 aliphatic carbocycles. The normalized spacial score (nSPS) is 13.7. The van der Waals surface area contributed by atoms with Crippen LogP contribution in [0.25, 0.3) is 22.3 Å². The Balaban J connectivity index is 1.17. The zero-order chi connectivity index (χ0) is 44.1. The lowest BCUT2D eigenvalue weighted by atomic mass is 9.67. The maximum Gasteiger partial charge on any atom is 0.0714 e. The molecule has 0 radical (unpaired) electrons. The summed E-state index contributed by atoms with van der Waals surface area (Å²) in [5.41, 5.74) is 23.3. The van der Waals surface area contributed by atoms with Gasteiger partial charge in [-0.25, -0.2) is 0 Å². The van der Waals surface area contributed by atoms with E-state index in [1.54, 1.807) is 0 Å². The minimum absolute atomic E-state index is 0.521. The topological polar surface area (TPSA) is 3.24 Å². The van der Waals surface area contributed by atoms with Crippen molar-refractivity contribution in [3.05, 3.63) is 279 Å². The quantitative estimate of drug-likeness (QED) is 0.125. The number of anilines is 3. The second-order valence-corrected chi connectivity index (χ2v) is 17.9. The molecule has 1 nitrogen and oxygen atoms in total. The molecule has 0 bridgehead atoms. The molecular weight excluding hydrogens is 783 g/mol. The Morgan fingerprint density at radius 2 is 0.585 bits per heavy atom. The Kier molecular flexibility index (Phi) is 10.2. The predicted octanol–water partition coefficient (Wildman–Crippen LogP) is 16.1. The number of para-hydroxylation sites is 1. The van der Waals surface area contributed by atoms with Crippen LogP contribution >= 0.6 is 0 Å². The second-order valence-electron chi connectivity index (χ2n) is 17.9. The van der Waals surface area contributed by atoms with Gasteiger partial charge in [0.15, 0.2) is 0 Å². The summed E-state index contributed by atoms with van der Waals surface area (Å²) in [4.78, 5) is 2.49. The molecule has 0 amide bonds. The Hall–Kier alpha value is -7.22. The van der Waals surface area contributed by atoms with Gasteiger partial charge in [0.05, 0.1) is 10.8 Å². The van der Waals surface area contributed by atoms with Crippen LogP contribution in [0.4, 0.5) is 17.1 Å². The number of rotatable bonds is 11. The first kappa shape index (κ1) is 40.5. The Labute approximate surface area is 385 Å². The molecule has 0 aliphatic heterocycles. The summed E-state index contributed by atoms with van der Waals surface area (Å²) in [6.07, 6.45) is 4.01. The summed E-state index contributed by atoms with van der Waals surface area (Å²) >= 11 is 0. The molecule has 11 rings (SSSR count). The summed E-state index contributed by atoms with van der Waals surface area (Å²) in [7, 11) is 0. The monoisotopic (exact) mass is 837 g/mol. The van der Waals surface area contributed by atoms with Gasteiger partial charge >= 0.3 is 0 Å². The molecule has 0 aromatic heterocycles. The smallest absolute Gasteiger partial charge is 0.0714 e. The van der Waals surface area contributed by atoms with E-state index in [4.69, 9.17) is 0 Å². The van der Waals surface area contributed by atoms with Crippen LogP contribution in [0, 0.1) is 0 Å². The van der Waals surface area contributed by atoms with E-state index in [1.807, 2.05) is 0 Å². The third-order valence-electron chi connectivity index (χ3n) is 14.8. The fraction of sp³-hybridized carbons (Fsp3) is 0.156. The molecule has 9 aromatic carbocycles. The fourth-order valence-electron chi connectivity index (χ4n) is 11.4. The van der Waals surface area contributed by atoms with E-state index in [0.29, 0.717) is 0 Å². The molecule has 0 saturated heterocycles. The Morgan fingerprint density at radius 3 is 0.923 bits per heavy atom. The number of aryl methyl sites for hydroxylation is 4. The first-order chi connectivity index (χ1) is 32.0. The third-order valence-corrected chi connectivity index (χ3v) is 14.8. The van der Waals surface area contributed by atoms with Crippen molar-refractivity contribution in [1.29, 1.82) is 0 Å². The van der Waals surface area contributed by atoms with Crippen LogP contribution in [0.15, 0.2) is 212 Å². The zero-order valence-corrected chi connectivity index (χ0v) is 38.0. The minimum atomic E-state index is -0.521. The summed E-state index contributed by atoms with van der Waals surface area (Å²) in [5, 5.41) is 0. The number of benzene rings is 9. The van der Waals surface area contributed by atoms with Crippen molar-refractivity contribution < 1.29 is 0 Å². The number of fused-ring (bicyclic) bond motifs is 6. The van der Waals surface area contributed by atoms with Gasteiger partial charge in [-0.05, 0) is 151 Å². The van der Waals surface area contributed by atoms with Gasteiger partial charge in [-0.3, -0.25) is 0 Å².